The largest absolute Gasteiger partial charge is 0.497 e. The van der Waals surface area contributed by atoms with E-state index in [4.69, 9.17) is 9.47 Å². The van der Waals surface area contributed by atoms with Crippen LogP contribution in [0.5, 0.6) is 5.75 Å². The molecule has 0 bridgehead atoms. The summed E-state index contributed by atoms with van der Waals surface area (Å²) >= 11 is 0. The van der Waals surface area contributed by atoms with Crippen molar-refractivity contribution in [3.63, 3.8) is 0 Å². The summed E-state index contributed by atoms with van der Waals surface area (Å²) in [5.74, 6) is 0.658. The van der Waals surface area contributed by atoms with Crippen molar-refractivity contribution in [2.75, 3.05) is 25.6 Å². The molecule has 0 saturated carbocycles. The van der Waals surface area contributed by atoms with Crippen LogP contribution in [0.2, 0.25) is 0 Å². The highest BCUT2D eigenvalue weighted by atomic mass is 32.2. The molecule has 0 unspecified atom stereocenters. The maximum atomic E-state index is 13.0. The molecule has 10 heteroatoms. The minimum atomic E-state index is -3.71. The van der Waals surface area contributed by atoms with Gasteiger partial charge in [0.05, 0.1) is 12.4 Å². The van der Waals surface area contributed by atoms with Crippen molar-refractivity contribution >= 4 is 21.7 Å². The highest BCUT2D eigenvalue weighted by Crippen LogP contribution is 2.29. The van der Waals surface area contributed by atoms with Crippen molar-refractivity contribution < 1.29 is 22.7 Å². The van der Waals surface area contributed by atoms with Gasteiger partial charge < -0.3 is 9.47 Å². The lowest BCUT2D eigenvalue weighted by molar-refractivity contribution is -0.118. The summed E-state index contributed by atoms with van der Waals surface area (Å²) in [6, 6.07) is 7.18. The van der Waals surface area contributed by atoms with Crippen LogP contribution in [0.15, 0.2) is 24.3 Å². The van der Waals surface area contributed by atoms with E-state index in [0.717, 1.165) is 5.56 Å². The second kappa shape index (κ2) is 8.11. The summed E-state index contributed by atoms with van der Waals surface area (Å²) in [5, 5.41) is 6.34. The first-order chi connectivity index (χ1) is 13.7. The molecule has 1 aliphatic rings. The second-order valence-electron chi connectivity index (χ2n) is 7.43. The quantitative estimate of drug-likeness (QED) is 0.755. The molecule has 1 aromatic heterocycles. The molecule has 0 atom stereocenters. The molecule has 9 nitrogen and oxygen atoms in total. The fraction of sp³-hybridized carbons (Fsp3) is 0.526. The number of hydrogen-bond acceptors (Lipinski definition) is 7. The summed E-state index contributed by atoms with van der Waals surface area (Å²) < 4.78 is 36.3. The Balaban J connectivity index is 1.80. The van der Waals surface area contributed by atoms with Gasteiger partial charge in [-0.2, -0.15) is 4.98 Å². The lowest BCUT2D eigenvalue weighted by atomic mass is 10.2. The van der Waals surface area contributed by atoms with Crippen molar-refractivity contribution in [1.82, 2.24) is 14.8 Å². The van der Waals surface area contributed by atoms with Crippen LogP contribution in [0, 0.1) is 0 Å². The SMILES string of the molecule is COc1ccc(-c2nc(NC(=O)C(C)(C)S(=O)(=O)C3CCOCC3)n(C)n2)cc1. The Morgan fingerprint density at radius 2 is 1.86 bits per heavy atom. The summed E-state index contributed by atoms with van der Waals surface area (Å²) in [5.41, 5.74) is 0.746. The molecule has 158 valence electrons. The zero-order chi connectivity index (χ0) is 21.2. The molecule has 1 saturated heterocycles. The first-order valence-corrected chi connectivity index (χ1v) is 10.9. The normalized spacial score (nSPS) is 15.9. The molecule has 1 N–H and O–H groups in total. The molecule has 29 heavy (non-hydrogen) atoms. The third kappa shape index (κ3) is 4.13. The number of amides is 1. The molecular formula is C19H26N4O5S. The van der Waals surface area contributed by atoms with Crippen molar-refractivity contribution in [2.45, 2.75) is 36.7 Å². The van der Waals surface area contributed by atoms with Crippen LogP contribution in [0.25, 0.3) is 11.4 Å². The molecule has 1 aliphatic heterocycles. The number of methoxy groups -OCH3 is 1. The smallest absolute Gasteiger partial charge is 0.247 e. The topological polar surface area (TPSA) is 112 Å². The lowest BCUT2D eigenvalue weighted by Gasteiger charge is -2.30. The van der Waals surface area contributed by atoms with Crippen molar-refractivity contribution in [3.8, 4) is 17.1 Å². The van der Waals surface area contributed by atoms with Crippen LogP contribution < -0.4 is 10.1 Å². The minimum Gasteiger partial charge on any atom is -0.497 e. The molecular weight excluding hydrogens is 396 g/mol. The van der Waals surface area contributed by atoms with Gasteiger partial charge in [0.2, 0.25) is 11.9 Å². The van der Waals surface area contributed by atoms with E-state index in [9.17, 15) is 13.2 Å². The van der Waals surface area contributed by atoms with Crippen molar-refractivity contribution in [2.24, 2.45) is 7.05 Å². The number of nitrogens with one attached hydrogen (secondary N) is 1. The summed E-state index contributed by atoms with van der Waals surface area (Å²) in [6.07, 6.45) is 0.787. The average Bonchev–Trinajstić information content (AvgIpc) is 3.08. The summed E-state index contributed by atoms with van der Waals surface area (Å²) in [4.78, 5) is 17.2. The lowest BCUT2D eigenvalue weighted by Crippen LogP contribution is -2.50. The van der Waals surface area contributed by atoms with E-state index in [1.807, 2.05) is 0 Å². The van der Waals surface area contributed by atoms with E-state index in [1.165, 1.54) is 18.5 Å². The zero-order valence-corrected chi connectivity index (χ0v) is 17.8. The van der Waals surface area contributed by atoms with Crippen LogP contribution in [-0.2, 0) is 26.4 Å². The number of nitrogens with zero attached hydrogens (tertiary/aromatic N) is 3. The Labute approximate surface area is 170 Å². The standard InChI is InChI=1S/C19H26N4O5S/c1-19(2,29(25,26)15-9-11-28-12-10-15)17(24)21-18-20-16(22-23(18)3)13-5-7-14(27-4)8-6-13/h5-8,15H,9-12H2,1-4H3,(H,20,21,22,24). The number of aryl methyl sites for hydroxylation is 1. The number of sulfone groups is 1. The first-order valence-electron chi connectivity index (χ1n) is 9.35. The van der Waals surface area contributed by atoms with Gasteiger partial charge in [0, 0.05) is 25.8 Å². The Kier molecular flexibility index (Phi) is 5.95. The van der Waals surface area contributed by atoms with E-state index in [1.54, 1.807) is 38.4 Å². The molecule has 1 aromatic carbocycles. The van der Waals surface area contributed by atoms with E-state index in [2.05, 4.69) is 15.4 Å². The van der Waals surface area contributed by atoms with Gasteiger partial charge in [-0.05, 0) is 51.0 Å². The monoisotopic (exact) mass is 422 g/mol. The predicted molar refractivity (Wildman–Crippen MR) is 108 cm³/mol. The molecule has 1 fully saturated rings. The van der Waals surface area contributed by atoms with Gasteiger partial charge in [-0.15, -0.1) is 5.10 Å². The van der Waals surface area contributed by atoms with E-state index >= 15 is 0 Å². The van der Waals surface area contributed by atoms with Gasteiger partial charge in [-0.3, -0.25) is 10.1 Å². The highest BCUT2D eigenvalue weighted by Gasteiger charge is 2.47. The van der Waals surface area contributed by atoms with E-state index < -0.39 is 25.7 Å². The fourth-order valence-corrected chi connectivity index (χ4v) is 5.10. The number of ether oxygens (including phenoxy) is 2. The molecule has 2 aromatic rings. The van der Waals surface area contributed by atoms with Crippen LogP contribution in [-0.4, -0.2) is 59.4 Å². The Hall–Kier alpha value is -2.46. The van der Waals surface area contributed by atoms with Gasteiger partial charge >= 0.3 is 0 Å². The predicted octanol–water partition coefficient (Wildman–Crippen LogP) is 1.80. The first kappa shape index (κ1) is 21.3. The summed E-state index contributed by atoms with van der Waals surface area (Å²) in [7, 11) is -0.495. The Morgan fingerprint density at radius 1 is 1.24 bits per heavy atom. The molecule has 0 aliphatic carbocycles. The Bertz CT molecular complexity index is 977. The van der Waals surface area contributed by atoms with Gasteiger partial charge in [0.25, 0.3) is 0 Å². The minimum absolute atomic E-state index is 0.177. The number of hydrogen-bond donors (Lipinski definition) is 1. The number of benzene rings is 1. The third-order valence-corrected chi connectivity index (χ3v) is 8.16. The second-order valence-corrected chi connectivity index (χ2v) is 10.2. The fourth-order valence-electron chi connectivity index (χ4n) is 3.14. The molecule has 3 rings (SSSR count). The third-order valence-electron chi connectivity index (χ3n) is 5.20. The Morgan fingerprint density at radius 3 is 2.45 bits per heavy atom. The van der Waals surface area contributed by atoms with Gasteiger partial charge in [0.15, 0.2) is 15.7 Å². The highest BCUT2D eigenvalue weighted by molar-refractivity contribution is 7.94. The number of anilines is 1. The van der Waals surface area contributed by atoms with Gasteiger partial charge in [-0.25, -0.2) is 13.1 Å². The van der Waals surface area contributed by atoms with Crippen LogP contribution in [0.3, 0.4) is 0 Å². The van der Waals surface area contributed by atoms with E-state index in [-0.39, 0.29) is 5.95 Å². The maximum Gasteiger partial charge on any atom is 0.247 e. The maximum absolute atomic E-state index is 13.0. The van der Waals surface area contributed by atoms with Crippen LogP contribution in [0.1, 0.15) is 26.7 Å². The van der Waals surface area contributed by atoms with Gasteiger partial charge in [0.1, 0.15) is 10.5 Å². The van der Waals surface area contributed by atoms with Crippen molar-refractivity contribution in [1.29, 1.82) is 0 Å². The van der Waals surface area contributed by atoms with Crippen LogP contribution >= 0.6 is 0 Å². The molecule has 2 heterocycles. The van der Waals surface area contributed by atoms with Gasteiger partial charge in [-0.1, -0.05) is 0 Å². The zero-order valence-electron chi connectivity index (χ0n) is 17.0. The molecule has 0 spiro atoms. The van der Waals surface area contributed by atoms with Crippen molar-refractivity contribution in [3.05, 3.63) is 24.3 Å². The molecule has 0 radical (unpaired) electrons. The number of aromatic nitrogens is 3. The number of carbonyl (C=O) groups is 1. The average molecular weight is 423 g/mol. The summed E-state index contributed by atoms with van der Waals surface area (Å²) in [6.45, 7) is 3.62. The van der Waals surface area contributed by atoms with E-state index in [0.29, 0.717) is 37.6 Å². The molecule has 1 amide bonds. The number of rotatable bonds is 6. The van der Waals surface area contributed by atoms with Crippen LogP contribution in [0.4, 0.5) is 5.95 Å². The number of carbonyl (C=O) groups excluding carboxylic acids is 1.